The monoisotopic (exact) mass is 220 g/mol. The van der Waals surface area contributed by atoms with Crippen molar-refractivity contribution >= 4 is 6.41 Å². The van der Waals surface area contributed by atoms with Crippen LogP contribution in [-0.4, -0.2) is 29.4 Å². The third-order valence-electron chi connectivity index (χ3n) is 2.97. The minimum atomic E-state index is 0.441. The molecule has 1 heterocycles. The molecule has 0 N–H and O–H groups in total. The number of carbonyl (C=O) groups is 1. The predicted molar refractivity (Wildman–Crippen MR) is 60.2 cm³/mol. The molecule has 1 aromatic rings. The summed E-state index contributed by atoms with van der Waals surface area (Å²) in [5, 5.41) is 0. The number of ether oxygens (including phenoxy) is 1. The van der Waals surface area contributed by atoms with E-state index in [4.69, 9.17) is 4.74 Å². The number of hydrogen-bond donors (Lipinski definition) is 0. The van der Waals surface area contributed by atoms with Gasteiger partial charge in [-0.3, -0.25) is 4.79 Å². The maximum absolute atomic E-state index is 10.9. The Hall–Kier alpha value is -1.58. The summed E-state index contributed by atoms with van der Waals surface area (Å²) < 4.78 is 5.16. The topological polar surface area (TPSA) is 42.4 Å². The molecule has 1 aromatic heterocycles. The molecule has 0 bridgehead atoms. The van der Waals surface area contributed by atoms with Crippen LogP contribution < -0.4 is 4.74 Å². The van der Waals surface area contributed by atoms with E-state index in [1.807, 2.05) is 17.9 Å². The first kappa shape index (κ1) is 10.9. The van der Waals surface area contributed by atoms with Crippen LogP contribution in [0.15, 0.2) is 12.3 Å². The van der Waals surface area contributed by atoms with Gasteiger partial charge in [-0.1, -0.05) is 0 Å². The van der Waals surface area contributed by atoms with Gasteiger partial charge in [-0.25, -0.2) is 4.98 Å². The van der Waals surface area contributed by atoms with E-state index in [2.05, 4.69) is 4.98 Å². The Morgan fingerprint density at radius 1 is 1.62 bits per heavy atom. The van der Waals surface area contributed by atoms with Crippen LogP contribution in [-0.2, 0) is 11.3 Å². The first-order chi connectivity index (χ1) is 7.76. The molecule has 16 heavy (non-hydrogen) atoms. The minimum absolute atomic E-state index is 0.441. The van der Waals surface area contributed by atoms with Crippen molar-refractivity contribution in [3.63, 3.8) is 0 Å². The van der Waals surface area contributed by atoms with Crippen LogP contribution in [0.1, 0.15) is 24.0 Å². The summed E-state index contributed by atoms with van der Waals surface area (Å²) in [5.41, 5.74) is 2.11. The number of carbonyl (C=O) groups excluding carboxylic acids is 1. The Balaban J connectivity index is 2.16. The van der Waals surface area contributed by atoms with Gasteiger partial charge in [0.05, 0.1) is 7.11 Å². The van der Waals surface area contributed by atoms with E-state index in [1.54, 1.807) is 13.3 Å². The largest absolute Gasteiger partial charge is 0.481 e. The first-order valence-corrected chi connectivity index (χ1v) is 5.45. The predicted octanol–water partition coefficient (Wildman–Crippen LogP) is 1.52. The second-order valence-corrected chi connectivity index (χ2v) is 4.11. The Bertz CT molecular complexity index is 389. The SMILES string of the molecule is COc1nccc(CN(C=O)C2CC2)c1C. The van der Waals surface area contributed by atoms with E-state index in [0.717, 1.165) is 30.4 Å². The van der Waals surface area contributed by atoms with E-state index in [9.17, 15) is 4.79 Å². The molecule has 1 aliphatic rings. The molecule has 0 spiro atoms. The zero-order chi connectivity index (χ0) is 11.5. The average molecular weight is 220 g/mol. The molecule has 0 atom stereocenters. The molecular weight excluding hydrogens is 204 g/mol. The maximum atomic E-state index is 10.9. The zero-order valence-corrected chi connectivity index (χ0v) is 9.64. The first-order valence-electron chi connectivity index (χ1n) is 5.45. The van der Waals surface area contributed by atoms with Crippen molar-refractivity contribution < 1.29 is 9.53 Å². The van der Waals surface area contributed by atoms with Crippen LogP contribution in [0, 0.1) is 6.92 Å². The van der Waals surface area contributed by atoms with Gasteiger partial charge in [0, 0.05) is 24.3 Å². The Labute approximate surface area is 95.2 Å². The molecular formula is C12H16N2O2. The van der Waals surface area contributed by atoms with E-state index < -0.39 is 0 Å². The third-order valence-corrected chi connectivity index (χ3v) is 2.97. The number of pyridine rings is 1. The molecule has 1 fully saturated rings. The molecule has 2 rings (SSSR count). The highest BCUT2D eigenvalue weighted by molar-refractivity contribution is 5.49. The second kappa shape index (κ2) is 4.51. The minimum Gasteiger partial charge on any atom is -0.481 e. The van der Waals surface area contributed by atoms with Gasteiger partial charge in [-0.2, -0.15) is 0 Å². The summed E-state index contributed by atoms with van der Waals surface area (Å²) in [6, 6.07) is 2.38. The third kappa shape index (κ3) is 2.15. The fourth-order valence-corrected chi connectivity index (χ4v) is 1.79. The van der Waals surface area contributed by atoms with Crippen LogP contribution in [0.5, 0.6) is 5.88 Å². The van der Waals surface area contributed by atoms with Gasteiger partial charge in [-0.15, -0.1) is 0 Å². The lowest BCUT2D eigenvalue weighted by atomic mass is 10.1. The van der Waals surface area contributed by atoms with Crippen LogP contribution in [0.2, 0.25) is 0 Å². The molecule has 86 valence electrons. The van der Waals surface area contributed by atoms with E-state index in [-0.39, 0.29) is 0 Å². The normalized spacial score (nSPS) is 14.6. The number of amides is 1. The lowest BCUT2D eigenvalue weighted by molar-refractivity contribution is -0.119. The molecule has 1 saturated carbocycles. The summed E-state index contributed by atoms with van der Waals surface area (Å²) in [6.45, 7) is 2.62. The number of rotatable bonds is 5. The number of nitrogens with zero attached hydrogens (tertiary/aromatic N) is 2. The summed E-state index contributed by atoms with van der Waals surface area (Å²) in [4.78, 5) is 16.9. The fourth-order valence-electron chi connectivity index (χ4n) is 1.79. The average Bonchev–Trinajstić information content (AvgIpc) is 3.12. The summed E-state index contributed by atoms with van der Waals surface area (Å²) in [5.74, 6) is 0.638. The van der Waals surface area contributed by atoms with Crippen molar-refractivity contribution in [1.29, 1.82) is 0 Å². The van der Waals surface area contributed by atoms with Gasteiger partial charge in [0.2, 0.25) is 12.3 Å². The number of methoxy groups -OCH3 is 1. The van der Waals surface area contributed by atoms with Gasteiger partial charge in [0.1, 0.15) is 0 Å². The van der Waals surface area contributed by atoms with Crippen molar-refractivity contribution in [1.82, 2.24) is 9.88 Å². The van der Waals surface area contributed by atoms with Gasteiger partial charge >= 0.3 is 0 Å². The fraction of sp³-hybridized carbons (Fsp3) is 0.500. The van der Waals surface area contributed by atoms with Gasteiger partial charge in [0.25, 0.3) is 0 Å². The van der Waals surface area contributed by atoms with Crippen molar-refractivity contribution in [3.8, 4) is 5.88 Å². The van der Waals surface area contributed by atoms with Crippen LogP contribution in [0.4, 0.5) is 0 Å². The molecule has 4 heteroatoms. The Kier molecular flexibility index (Phi) is 3.08. The van der Waals surface area contributed by atoms with Gasteiger partial charge in [-0.05, 0) is 31.4 Å². The summed E-state index contributed by atoms with van der Waals surface area (Å²) in [7, 11) is 1.61. The Morgan fingerprint density at radius 2 is 2.38 bits per heavy atom. The highest BCUT2D eigenvalue weighted by atomic mass is 16.5. The Morgan fingerprint density at radius 3 is 2.94 bits per heavy atom. The zero-order valence-electron chi connectivity index (χ0n) is 9.64. The summed E-state index contributed by atoms with van der Waals surface area (Å²) in [6.07, 6.45) is 4.90. The van der Waals surface area contributed by atoms with E-state index in [0.29, 0.717) is 18.5 Å². The van der Waals surface area contributed by atoms with Crippen molar-refractivity contribution in [2.75, 3.05) is 7.11 Å². The number of hydrogen-bond acceptors (Lipinski definition) is 3. The molecule has 1 amide bonds. The second-order valence-electron chi connectivity index (χ2n) is 4.11. The van der Waals surface area contributed by atoms with Crippen molar-refractivity contribution in [2.45, 2.75) is 32.4 Å². The smallest absolute Gasteiger partial charge is 0.216 e. The lowest BCUT2D eigenvalue weighted by Crippen LogP contribution is -2.24. The number of aromatic nitrogens is 1. The molecule has 4 nitrogen and oxygen atoms in total. The van der Waals surface area contributed by atoms with Crippen LogP contribution in [0.3, 0.4) is 0 Å². The molecule has 0 radical (unpaired) electrons. The highest BCUT2D eigenvalue weighted by Crippen LogP contribution is 2.28. The standard InChI is InChI=1S/C12H16N2O2/c1-9-10(5-6-13-12(9)16-2)7-14(8-15)11-3-4-11/h5-6,8,11H,3-4,7H2,1-2H3. The molecule has 0 aromatic carbocycles. The molecule has 0 saturated heterocycles. The van der Waals surface area contributed by atoms with Crippen molar-refractivity contribution in [2.24, 2.45) is 0 Å². The van der Waals surface area contributed by atoms with Crippen molar-refractivity contribution in [3.05, 3.63) is 23.4 Å². The molecule has 0 aliphatic heterocycles. The van der Waals surface area contributed by atoms with E-state index >= 15 is 0 Å². The molecule has 1 aliphatic carbocycles. The summed E-state index contributed by atoms with van der Waals surface area (Å²) >= 11 is 0. The van der Waals surface area contributed by atoms with E-state index in [1.165, 1.54) is 0 Å². The lowest BCUT2D eigenvalue weighted by Gasteiger charge is -2.18. The highest BCUT2D eigenvalue weighted by Gasteiger charge is 2.28. The quantitative estimate of drug-likeness (QED) is 0.706. The van der Waals surface area contributed by atoms with Gasteiger partial charge < -0.3 is 9.64 Å². The maximum Gasteiger partial charge on any atom is 0.216 e. The molecule has 0 unspecified atom stereocenters. The van der Waals surface area contributed by atoms with Gasteiger partial charge in [0.15, 0.2) is 0 Å². The van der Waals surface area contributed by atoms with Crippen LogP contribution in [0.25, 0.3) is 0 Å². The van der Waals surface area contributed by atoms with Crippen LogP contribution >= 0.6 is 0 Å².